The molecule has 1 aromatic carbocycles. The Balaban J connectivity index is 2.29. The maximum atomic E-state index is 14.1. The van der Waals surface area contributed by atoms with Gasteiger partial charge in [0.25, 0.3) is 0 Å². The number of aryl methyl sites for hydroxylation is 1. The second-order valence-corrected chi connectivity index (χ2v) is 5.38. The molecule has 0 aromatic heterocycles. The number of hydrogen-bond acceptors (Lipinski definition) is 3. The van der Waals surface area contributed by atoms with Crippen LogP contribution in [0.15, 0.2) is 12.1 Å². The molecule has 0 unspecified atom stereocenters. The lowest BCUT2D eigenvalue weighted by Crippen LogP contribution is -2.19. The van der Waals surface area contributed by atoms with E-state index in [1.54, 1.807) is 12.1 Å². The van der Waals surface area contributed by atoms with Crippen molar-refractivity contribution in [3.63, 3.8) is 0 Å². The quantitative estimate of drug-likeness (QED) is 0.901. The van der Waals surface area contributed by atoms with Crippen molar-refractivity contribution >= 4 is 5.97 Å². The Labute approximate surface area is 117 Å². The minimum atomic E-state index is -1.47. The van der Waals surface area contributed by atoms with Crippen molar-refractivity contribution in [1.82, 2.24) is 0 Å². The van der Waals surface area contributed by atoms with Gasteiger partial charge >= 0.3 is 5.97 Å². The zero-order chi connectivity index (χ0) is 14.8. The summed E-state index contributed by atoms with van der Waals surface area (Å²) in [5.41, 5.74) is -0.145. The molecule has 0 atom stereocenters. The first kappa shape index (κ1) is 14.6. The van der Waals surface area contributed by atoms with Gasteiger partial charge in [-0.2, -0.15) is 0 Å². The molecule has 1 heterocycles. The summed E-state index contributed by atoms with van der Waals surface area (Å²) < 4.78 is 25.2. The molecule has 0 bridgehead atoms. The molecule has 4 nitrogen and oxygen atoms in total. The first-order valence-corrected chi connectivity index (χ1v) is 6.71. The van der Waals surface area contributed by atoms with Crippen LogP contribution in [0.5, 0.6) is 11.5 Å². The highest BCUT2D eigenvalue weighted by atomic mass is 19.1. The Kier molecular flexibility index (Phi) is 4.16. The van der Waals surface area contributed by atoms with E-state index in [-0.39, 0.29) is 6.42 Å². The Bertz CT molecular complexity index is 505. The average molecular weight is 282 g/mol. The number of carboxylic acid groups (broad SMARTS) is 1. The zero-order valence-electron chi connectivity index (χ0n) is 11.7. The molecule has 1 aromatic rings. The summed E-state index contributed by atoms with van der Waals surface area (Å²) in [7, 11) is 0. The average Bonchev–Trinajstić information content (AvgIpc) is 2.37. The first-order chi connectivity index (χ1) is 9.38. The molecule has 0 radical (unpaired) electrons. The second kappa shape index (κ2) is 5.69. The minimum absolute atomic E-state index is 0.0822. The van der Waals surface area contributed by atoms with Crippen LogP contribution >= 0.6 is 0 Å². The number of halogens is 1. The van der Waals surface area contributed by atoms with Gasteiger partial charge in [0.15, 0.2) is 11.5 Å². The number of benzene rings is 1. The SMILES string of the molecule is CC(C)(F)c1cc(CCCC(=O)O)c2c(c1)OCCO2. The third-order valence-corrected chi connectivity index (χ3v) is 3.24. The predicted molar refractivity (Wildman–Crippen MR) is 72.1 cm³/mol. The number of aliphatic carboxylic acids is 1. The topological polar surface area (TPSA) is 55.8 Å². The van der Waals surface area contributed by atoms with Crippen LogP contribution in [0.25, 0.3) is 0 Å². The van der Waals surface area contributed by atoms with Crippen LogP contribution in [0.4, 0.5) is 4.39 Å². The third kappa shape index (κ3) is 3.40. The van der Waals surface area contributed by atoms with Gasteiger partial charge in [-0.3, -0.25) is 4.79 Å². The van der Waals surface area contributed by atoms with Crippen LogP contribution < -0.4 is 9.47 Å². The number of fused-ring (bicyclic) bond motifs is 1. The van der Waals surface area contributed by atoms with Gasteiger partial charge in [0, 0.05) is 6.42 Å². The van der Waals surface area contributed by atoms with Gasteiger partial charge in [-0.25, -0.2) is 4.39 Å². The molecule has 0 saturated carbocycles. The number of ether oxygens (including phenoxy) is 2. The van der Waals surface area contributed by atoms with Gasteiger partial charge < -0.3 is 14.6 Å². The smallest absolute Gasteiger partial charge is 0.303 e. The van der Waals surface area contributed by atoms with Crippen molar-refractivity contribution in [3.8, 4) is 11.5 Å². The summed E-state index contributed by atoms with van der Waals surface area (Å²) in [6.45, 7) is 3.87. The summed E-state index contributed by atoms with van der Waals surface area (Å²) in [6, 6.07) is 3.41. The molecule has 20 heavy (non-hydrogen) atoms. The fourth-order valence-electron chi connectivity index (χ4n) is 2.19. The Hall–Kier alpha value is -1.78. The highest BCUT2D eigenvalue weighted by Gasteiger charge is 2.25. The number of alkyl halides is 1. The van der Waals surface area contributed by atoms with E-state index in [0.29, 0.717) is 43.1 Å². The van der Waals surface area contributed by atoms with Crippen molar-refractivity contribution in [1.29, 1.82) is 0 Å². The van der Waals surface area contributed by atoms with Gasteiger partial charge in [-0.15, -0.1) is 0 Å². The predicted octanol–water partition coefficient (Wildman–Crippen LogP) is 3.07. The van der Waals surface area contributed by atoms with Crippen LogP contribution in [0, 0.1) is 0 Å². The lowest BCUT2D eigenvalue weighted by molar-refractivity contribution is -0.137. The number of rotatable bonds is 5. The van der Waals surface area contributed by atoms with Crippen LogP contribution in [-0.2, 0) is 16.9 Å². The normalized spacial score (nSPS) is 14.2. The van der Waals surface area contributed by atoms with Crippen molar-refractivity contribution in [2.24, 2.45) is 0 Å². The molecule has 0 aliphatic carbocycles. The molecular formula is C15H19FO4. The summed E-state index contributed by atoms with van der Waals surface area (Å²) in [5.74, 6) is 0.331. The highest BCUT2D eigenvalue weighted by Crippen LogP contribution is 2.39. The maximum absolute atomic E-state index is 14.1. The van der Waals surface area contributed by atoms with Gasteiger partial charge in [0.1, 0.15) is 18.9 Å². The molecule has 1 aliphatic heterocycles. The summed E-state index contributed by atoms with van der Waals surface area (Å²) in [5, 5.41) is 8.70. The fraction of sp³-hybridized carbons (Fsp3) is 0.533. The van der Waals surface area contributed by atoms with E-state index in [1.165, 1.54) is 13.8 Å². The van der Waals surface area contributed by atoms with Crippen LogP contribution in [0.2, 0.25) is 0 Å². The minimum Gasteiger partial charge on any atom is -0.486 e. The standard InChI is InChI=1S/C15H19FO4/c1-15(2,16)11-8-10(4-3-5-13(17)18)14-12(9-11)19-6-7-20-14/h8-9H,3-7H2,1-2H3,(H,17,18). The van der Waals surface area contributed by atoms with E-state index in [4.69, 9.17) is 14.6 Å². The second-order valence-electron chi connectivity index (χ2n) is 5.38. The monoisotopic (exact) mass is 282 g/mol. The van der Waals surface area contributed by atoms with Crippen molar-refractivity contribution in [2.45, 2.75) is 38.8 Å². The number of carbonyl (C=O) groups is 1. The molecule has 1 N–H and O–H groups in total. The Morgan fingerprint density at radius 3 is 2.70 bits per heavy atom. The fourth-order valence-corrected chi connectivity index (χ4v) is 2.19. The van der Waals surface area contributed by atoms with Gasteiger partial charge in [0.05, 0.1) is 0 Å². The Morgan fingerprint density at radius 2 is 2.05 bits per heavy atom. The molecule has 110 valence electrons. The molecule has 0 saturated heterocycles. The van der Waals surface area contributed by atoms with E-state index in [9.17, 15) is 9.18 Å². The lowest BCUT2D eigenvalue weighted by atomic mass is 9.95. The molecule has 1 aliphatic rings. The van der Waals surface area contributed by atoms with Crippen molar-refractivity contribution < 1.29 is 23.8 Å². The molecule has 5 heteroatoms. The third-order valence-electron chi connectivity index (χ3n) is 3.24. The molecule has 2 rings (SSSR count). The largest absolute Gasteiger partial charge is 0.486 e. The summed E-state index contributed by atoms with van der Waals surface area (Å²) in [6.07, 6.45) is 1.10. The van der Waals surface area contributed by atoms with E-state index in [0.717, 1.165) is 5.56 Å². The lowest BCUT2D eigenvalue weighted by Gasteiger charge is -2.24. The molecular weight excluding hydrogens is 263 g/mol. The first-order valence-electron chi connectivity index (χ1n) is 6.71. The molecule has 0 amide bonds. The summed E-state index contributed by atoms with van der Waals surface area (Å²) in [4.78, 5) is 10.6. The van der Waals surface area contributed by atoms with Crippen LogP contribution in [0.1, 0.15) is 37.8 Å². The van der Waals surface area contributed by atoms with Crippen molar-refractivity contribution in [2.75, 3.05) is 13.2 Å². The zero-order valence-corrected chi connectivity index (χ0v) is 11.7. The van der Waals surface area contributed by atoms with Gasteiger partial charge in [-0.05, 0) is 49.9 Å². The summed E-state index contributed by atoms with van der Waals surface area (Å²) >= 11 is 0. The van der Waals surface area contributed by atoms with Gasteiger partial charge in [0.2, 0.25) is 0 Å². The van der Waals surface area contributed by atoms with Gasteiger partial charge in [-0.1, -0.05) is 0 Å². The highest BCUT2D eigenvalue weighted by molar-refractivity contribution is 5.66. The van der Waals surface area contributed by atoms with Crippen LogP contribution in [-0.4, -0.2) is 24.3 Å². The van der Waals surface area contributed by atoms with E-state index in [2.05, 4.69) is 0 Å². The maximum Gasteiger partial charge on any atom is 0.303 e. The van der Waals surface area contributed by atoms with Crippen molar-refractivity contribution in [3.05, 3.63) is 23.3 Å². The van der Waals surface area contributed by atoms with Crippen LogP contribution in [0.3, 0.4) is 0 Å². The van der Waals surface area contributed by atoms with E-state index < -0.39 is 11.6 Å². The number of carboxylic acids is 1. The van der Waals surface area contributed by atoms with E-state index in [1.807, 2.05) is 0 Å². The molecule has 0 spiro atoms. The van der Waals surface area contributed by atoms with E-state index >= 15 is 0 Å². The number of hydrogen-bond donors (Lipinski definition) is 1. The molecule has 0 fully saturated rings. The Morgan fingerprint density at radius 1 is 1.35 bits per heavy atom.